The van der Waals surface area contributed by atoms with E-state index in [1.54, 1.807) is 0 Å². The maximum Gasteiger partial charge on any atom is 0.108 e. The molecule has 0 N–H and O–H groups in total. The van der Waals surface area contributed by atoms with E-state index in [1.807, 2.05) is 0 Å². The van der Waals surface area contributed by atoms with Gasteiger partial charge in [-0.3, -0.25) is 0 Å². The second kappa shape index (κ2) is 13.4. The fourth-order valence-electron chi connectivity index (χ4n) is 6.25. The lowest BCUT2D eigenvalue weighted by Gasteiger charge is -2.44. The Morgan fingerprint density at radius 1 is 0.341 bits per heavy atom. The van der Waals surface area contributed by atoms with Crippen LogP contribution in [0.25, 0.3) is 0 Å². The van der Waals surface area contributed by atoms with E-state index < -0.39 is 14.1 Å². The van der Waals surface area contributed by atoms with Gasteiger partial charge in [0.1, 0.15) is 6.15 Å². The average Bonchev–Trinajstić information content (AvgIpc) is 3.04. The van der Waals surface area contributed by atoms with Crippen LogP contribution in [-0.2, 0) is 0 Å². The summed E-state index contributed by atoms with van der Waals surface area (Å²) in [5.41, 5.74) is 8.19. The molecular formula is C39H38BP. The van der Waals surface area contributed by atoms with Crippen molar-refractivity contribution in [3.63, 3.8) is 0 Å². The minimum Gasteiger partial charge on any atom is -0.195 e. The zero-order valence-electron chi connectivity index (χ0n) is 24.2. The summed E-state index contributed by atoms with van der Waals surface area (Å²) < 4.78 is 0. The van der Waals surface area contributed by atoms with E-state index in [9.17, 15) is 0 Å². The molecule has 0 amide bonds. The van der Waals surface area contributed by atoms with Gasteiger partial charge in [-0.1, -0.05) is 158 Å². The van der Waals surface area contributed by atoms with Crippen LogP contribution in [-0.4, -0.2) is 12.8 Å². The molecule has 6 aromatic rings. The van der Waals surface area contributed by atoms with Crippen molar-refractivity contribution >= 4 is 46.5 Å². The molecule has 0 aromatic heterocycles. The van der Waals surface area contributed by atoms with Crippen molar-refractivity contribution in [1.82, 2.24) is 0 Å². The van der Waals surface area contributed by atoms with Gasteiger partial charge < -0.3 is 0 Å². The van der Waals surface area contributed by atoms with E-state index in [0.29, 0.717) is 0 Å². The second-order valence-electron chi connectivity index (χ2n) is 10.8. The Labute approximate surface area is 247 Å². The first-order valence-corrected chi connectivity index (χ1v) is 16.5. The van der Waals surface area contributed by atoms with Crippen molar-refractivity contribution in [3.8, 4) is 0 Å². The Morgan fingerprint density at radius 2 is 0.585 bits per heavy atom. The quantitative estimate of drug-likeness (QED) is 0.173. The van der Waals surface area contributed by atoms with Crippen LogP contribution < -0.4 is 32.5 Å². The van der Waals surface area contributed by atoms with Crippen molar-refractivity contribution in [2.45, 2.75) is 13.8 Å². The third-order valence-corrected chi connectivity index (χ3v) is 11.0. The van der Waals surface area contributed by atoms with E-state index in [2.05, 4.69) is 190 Å². The lowest BCUT2D eigenvalue weighted by molar-refractivity contribution is 1.50. The highest BCUT2D eigenvalue weighted by molar-refractivity contribution is 7.72. The van der Waals surface area contributed by atoms with Gasteiger partial charge in [-0.05, 0) is 37.1 Å². The largest absolute Gasteiger partial charge is 0.195 e. The van der Waals surface area contributed by atoms with Gasteiger partial charge in [-0.15, -0.1) is 0 Å². The normalized spacial score (nSPS) is 11.0. The van der Waals surface area contributed by atoms with Crippen LogP contribution in [0.2, 0.25) is 0 Å². The average molecular weight is 549 g/mol. The van der Waals surface area contributed by atoms with Crippen LogP contribution in [0.15, 0.2) is 170 Å². The molecule has 0 atom stereocenters. The van der Waals surface area contributed by atoms with E-state index in [-0.39, 0.29) is 0 Å². The van der Waals surface area contributed by atoms with Crippen molar-refractivity contribution in [1.29, 1.82) is 0 Å². The summed E-state index contributed by atoms with van der Waals surface area (Å²) in [6.45, 7) is 6.80. The van der Waals surface area contributed by atoms with Crippen LogP contribution in [0.1, 0.15) is 11.1 Å². The molecule has 6 rings (SSSR count). The van der Waals surface area contributed by atoms with Crippen LogP contribution >= 0.6 is 7.92 Å². The van der Waals surface area contributed by atoms with Gasteiger partial charge in [0.25, 0.3) is 0 Å². The highest BCUT2D eigenvalue weighted by Crippen LogP contribution is 2.31. The molecule has 41 heavy (non-hydrogen) atoms. The first kappa shape index (κ1) is 28.3. The zero-order valence-corrected chi connectivity index (χ0v) is 25.2. The summed E-state index contributed by atoms with van der Waals surface area (Å²) >= 11 is 0. The van der Waals surface area contributed by atoms with Crippen LogP contribution in [0.4, 0.5) is 0 Å². The maximum atomic E-state index is 2.38. The molecule has 0 spiro atoms. The number of aryl methyl sites for hydroxylation is 2. The second-order valence-corrected chi connectivity index (χ2v) is 13.1. The molecule has 0 radical (unpaired) electrons. The lowest BCUT2D eigenvalue weighted by atomic mass is 9.13. The lowest BCUT2D eigenvalue weighted by Crippen LogP contribution is -2.74. The standard InChI is InChI=1S/C24H20B.C15H17P/c1-5-13-21(14-6-1)25(22-15-7-2-8-16-22,23-17-9-3-10-18-23)24-19-11-4-12-20-24;1-12-8-4-6-10-14(12)16(3)15-11-7-5-9-13(15)2/h1-20H;4-11H,1-3H3/q-1;/p+1. The van der Waals surface area contributed by atoms with E-state index in [1.165, 1.54) is 43.6 Å². The summed E-state index contributed by atoms with van der Waals surface area (Å²) in [6, 6.07) is 61.0. The molecule has 0 heterocycles. The Balaban J connectivity index is 0.000000182. The van der Waals surface area contributed by atoms with Gasteiger partial charge in [-0.2, -0.15) is 21.9 Å². The third-order valence-electron chi connectivity index (χ3n) is 8.30. The minimum absolute atomic E-state index is 0.605. The topological polar surface area (TPSA) is 0 Å². The Morgan fingerprint density at radius 3 is 0.854 bits per heavy atom. The fraction of sp³-hybridized carbons (Fsp3) is 0.0769. The Hall–Kier alpha value is -4.19. The minimum atomic E-state index is -1.22. The predicted octanol–water partition coefficient (Wildman–Crippen LogP) is 6.16. The number of hydrogen-bond acceptors (Lipinski definition) is 0. The van der Waals surface area contributed by atoms with Crippen molar-refractivity contribution in [2.24, 2.45) is 0 Å². The van der Waals surface area contributed by atoms with Gasteiger partial charge >= 0.3 is 0 Å². The van der Waals surface area contributed by atoms with Crippen molar-refractivity contribution in [3.05, 3.63) is 181 Å². The number of rotatable bonds is 6. The predicted molar refractivity (Wildman–Crippen MR) is 186 cm³/mol. The third kappa shape index (κ3) is 6.12. The van der Waals surface area contributed by atoms with Gasteiger partial charge in [0.15, 0.2) is 0 Å². The van der Waals surface area contributed by atoms with Crippen LogP contribution in [0.5, 0.6) is 0 Å². The molecule has 0 unspecified atom stereocenters. The van der Waals surface area contributed by atoms with Crippen LogP contribution in [0.3, 0.4) is 0 Å². The first-order valence-electron chi connectivity index (χ1n) is 14.5. The molecule has 2 heteroatoms. The molecule has 0 saturated heterocycles. The maximum absolute atomic E-state index is 2.38. The highest BCUT2D eigenvalue weighted by atomic mass is 31.1. The summed E-state index contributed by atoms with van der Waals surface area (Å²) in [5.74, 6) is 0. The van der Waals surface area contributed by atoms with Gasteiger partial charge in [0.05, 0.1) is 25.2 Å². The van der Waals surface area contributed by atoms with Crippen LogP contribution in [0, 0.1) is 13.8 Å². The summed E-state index contributed by atoms with van der Waals surface area (Å²) in [5, 5.41) is 3.06. The molecule has 202 valence electrons. The Bertz CT molecular complexity index is 1440. The van der Waals surface area contributed by atoms with Gasteiger partial charge in [-0.25, -0.2) is 0 Å². The molecule has 0 aliphatic carbocycles. The molecule has 0 saturated carbocycles. The smallest absolute Gasteiger partial charge is 0.108 e. The molecule has 0 bridgehead atoms. The van der Waals surface area contributed by atoms with E-state index in [0.717, 1.165) is 0 Å². The van der Waals surface area contributed by atoms with E-state index >= 15 is 0 Å². The highest BCUT2D eigenvalue weighted by Gasteiger charge is 2.31. The summed E-state index contributed by atoms with van der Waals surface area (Å²) in [6.07, 6.45) is -1.22. The molecule has 0 fully saturated rings. The fourth-order valence-corrected chi connectivity index (χ4v) is 8.59. The molecule has 6 aromatic carbocycles. The Kier molecular flexibility index (Phi) is 9.30. The number of hydrogen-bond donors (Lipinski definition) is 0. The molecule has 0 aliphatic heterocycles. The van der Waals surface area contributed by atoms with Crippen molar-refractivity contribution < 1.29 is 0 Å². The zero-order chi connectivity index (χ0) is 28.5. The van der Waals surface area contributed by atoms with Crippen molar-refractivity contribution in [2.75, 3.05) is 6.66 Å². The number of benzene rings is 6. The van der Waals surface area contributed by atoms with Gasteiger partial charge in [0, 0.05) is 0 Å². The first-order chi connectivity index (χ1) is 20.1. The van der Waals surface area contributed by atoms with E-state index in [4.69, 9.17) is 0 Å². The molecular weight excluding hydrogens is 510 g/mol. The van der Waals surface area contributed by atoms with Gasteiger partial charge in [0.2, 0.25) is 0 Å². The molecule has 0 nitrogen and oxygen atoms in total. The monoisotopic (exact) mass is 548 g/mol. The SMILES string of the molecule is Cc1ccccc1[PH+](C)c1ccccc1C.c1ccc([B-](c2ccccc2)(c2ccccc2)c2ccccc2)cc1. The summed E-state index contributed by atoms with van der Waals surface area (Å²) in [4.78, 5) is 0. The summed E-state index contributed by atoms with van der Waals surface area (Å²) in [7, 11) is -0.605. The molecule has 0 aliphatic rings.